The minimum atomic E-state index is -3.11. The molecular weight excluding hydrogens is 432 g/mol. The van der Waals surface area contributed by atoms with Crippen LogP contribution in [0.2, 0.25) is 0 Å². The van der Waals surface area contributed by atoms with E-state index >= 15 is 0 Å². The van der Waals surface area contributed by atoms with Crippen LogP contribution in [0.5, 0.6) is 0 Å². The van der Waals surface area contributed by atoms with Crippen LogP contribution in [0.3, 0.4) is 0 Å². The van der Waals surface area contributed by atoms with E-state index in [9.17, 15) is 22.8 Å². The molecule has 32 heavy (non-hydrogen) atoms. The van der Waals surface area contributed by atoms with E-state index in [1.165, 1.54) is 0 Å². The van der Waals surface area contributed by atoms with Gasteiger partial charge in [0.05, 0.1) is 17.4 Å². The number of carbonyl (C=O) groups is 3. The number of piperazine rings is 1. The van der Waals surface area contributed by atoms with E-state index < -0.39 is 15.8 Å². The second kappa shape index (κ2) is 9.07. The highest BCUT2D eigenvalue weighted by molar-refractivity contribution is 7.91. The average molecular weight is 457 g/mol. The summed E-state index contributed by atoms with van der Waals surface area (Å²) in [6.45, 7) is 1.56. The Morgan fingerprint density at radius 1 is 0.938 bits per heavy atom. The molecule has 2 aromatic rings. The fraction of sp³-hybridized carbons (Fsp3) is 0.364. The van der Waals surface area contributed by atoms with Crippen molar-refractivity contribution in [1.82, 2.24) is 14.8 Å². The molecule has 1 unspecified atom stereocenters. The number of carbonyl (C=O) groups excluding carboxylic acids is 3. The van der Waals surface area contributed by atoms with Gasteiger partial charge in [-0.25, -0.2) is 8.42 Å². The molecule has 3 heterocycles. The summed E-state index contributed by atoms with van der Waals surface area (Å²) >= 11 is 0. The normalized spacial score (nSPS) is 20.1. The van der Waals surface area contributed by atoms with E-state index in [0.29, 0.717) is 49.5 Å². The van der Waals surface area contributed by atoms with Crippen molar-refractivity contribution in [3.8, 4) is 0 Å². The van der Waals surface area contributed by atoms with Gasteiger partial charge in [0.2, 0.25) is 5.91 Å². The monoisotopic (exact) mass is 456 g/mol. The lowest BCUT2D eigenvalue weighted by atomic mass is 10.1. The second-order valence-corrected chi connectivity index (χ2v) is 10.2. The van der Waals surface area contributed by atoms with Crippen LogP contribution in [0.1, 0.15) is 27.3 Å². The first kappa shape index (κ1) is 21.9. The molecule has 1 atom stereocenters. The number of amides is 3. The fourth-order valence-corrected chi connectivity index (χ4v) is 5.68. The summed E-state index contributed by atoms with van der Waals surface area (Å²) in [6, 6.07) is 11.7. The Balaban J connectivity index is 1.30. The highest BCUT2D eigenvalue weighted by Gasteiger charge is 2.36. The summed E-state index contributed by atoms with van der Waals surface area (Å²) in [5.41, 5.74) is 1.34. The maximum absolute atomic E-state index is 12.8. The van der Waals surface area contributed by atoms with Crippen molar-refractivity contribution in [2.75, 3.05) is 43.0 Å². The van der Waals surface area contributed by atoms with Crippen molar-refractivity contribution < 1.29 is 22.8 Å². The number of pyridine rings is 1. The molecule has 168 valence electrons. The van der Waals surface area contributed by atoms with E-state index in [-0.39, 0.29) is 29.2 Å². The first-order chi connectivity index (χ1) is 15.3. The number of nitrogens with zero attached hydrogens (tertiary/aromatic N) is 3. The van der Waals surface area contributed by atoms with Crippen LogP contribution in [-0.4, -0.2) is 78.6 Å². The molecule has 0 bridgehead atoms. The molecule has 0 spiro atoms. The number of hydrogen-bond acceptors (Lipinski definition) is 6. The van der Waals surface area contributed by atoms with Crippen LogP contribution in [-0.2, 0) is 14.6 Å². The Bertz CT molecular complexity index is 1110. The number of benzene rings is 1. The number of rotatable bonds is 4. The zero-order valence-electron chi connectivity index (χ0n) is 17.4. The van der Waals surface area contributed by atoms with Crippen molar-refractivity contribution in [1.29, 1.82) is 0 Å². The summed E-state index contributed by atoms with van der Waals surface area (Å²) < 4.78 is 23.3. The predicted molar refractivity (Wildman–Crippen MR) is 118 cm³/mol. The van der Waals surface area contributed by atoms with Gasteiger partial charge in [0.25, 0.3) is 11.8 Å². The fourth-order valence-electron chi connectivity index (χ4n) is 3.95. The molecule has 0 aliphatic carbocycles. The summed E-state index contributed by atoms with van der Waals surface area (Å²) in [6.07, 6.45) is 1.92. The van der Waals surface area contributed by atoms with Gasteiger partial charge in [-0.1, -0.05) is 6.07 Å². The highest BCUT2D eigenvalue weighted by atomic mass is 32.2. The molecular formula is C22H24N4O5S. The summed E-state index contributed by atoms with van der Waals surface area (Å²) in [4.78, 5) is 44.9. The summed E-state index contributed by atoms with van der Waals surface area (Å²) in [5.74, 6) is -1.08. The van der Waals surface area contributed by atoms with Crippen molar-refractivity contribution in [3.63, 3.8) is 0 Å². The zero-order valence-corrected chi connectivity index (χ0v) is 18.3. The lowest BCUT2D eigenvalue weighted by Gasteiger charge is -2.36. The Hall–Kier alpha value is -3.27. The molecule has 0 saturated carbocycles. The first-order valence-electron chi connectivity index (χ1n) is 10.4. The van der Waals surface area contributed by atoms with Gasteiger partial charge in [-0.15, -0.1) is 0 Å². The van der Waals surface area contributed by atoms with E-state index in [1.807, 2.05) is 0 Å². The van der Waals surface area contributed by atoms with Gasteiger partial charge < -0.3 is 15.1 Å². The van der Waals surface area contributed by atoms with Gasteiger partial charge in [0.15, 0.2) is 9.84 Å². The summed E-state index contributed by atoms with van der Waals surface area (Å²) in [7, 11) is -3.11. The molecule has 1 N–H and O–H groups in total. The predicted octanol–water partition coefficient (Wildman–Crippen LogP) is 1.05. The maximum atomic E-state index is 12.8. The highest BCUT2D eigenvalue weighted by Crippen LogP contribution is 2.22. The molecule has 9 nitrogen and oxygen atoms in total. The number of nitrogens with one attached hydrogen (secondary N) is 1. The molecule has 0 radical (unpaired) electrons. The van der Waals surface area contributed by atoms with Crippen LogP contribution in [0, 0.1) is 5.92 Å². The molecule has 4 rings (SSSR count). The van der Waals surface area contributed by atoms with Gasteiger partial charge in [0.1, 0.15) is 5.69 Å². The van der Waals surface area contributed by atoms with Crippen LogP contribution < -0.4 is 5.32 Å². The third-order valence-electron chi connectivity index (χ3n) is 5.75. The van der Waals surface area contributed by atoms with Gasteiger partial charge in [-0.2, -0.15) is 0 Å². The standard InChI is InChI=1S/C22H24N4O5S/c27-20(19-3-1-2-9-23-19)24-18-6-4-16(5-7-18)21(28)25-10-12-26(13-11-25)22(29)17-8-14-32(30,31)15-17/h1-7,9,17H,8,10-15H2,(H,24,27). The maximum Gasteiger partial charge on any atom is 0.274 e. The molecule has 1 aromatic carbocycles. The van der Waals surface area contributed by atoms with Crippen molar-refractivity contribution >= 4 is 33.2 Å². The lowest BCUT2D eigenvalue weighted by Crippen LogP contribution is -2.52. The average Bonchev–Trinajstić information content (AvgIpc) is 3.19. The Labute approximate surface area is 186 Å². The van der Waals surface area contributed by atoms with Crippen molar-refractivity contribution in [2.45, 2.75) is 6.42 Å². The van der Waals surface area contributed by atoms with E-state index in [4.69, 9.17) is 0 Å². The molecule has 3 amide bonds. The van der Waals surface area contributed by atoms with Crippen LogP contribution in [0.15, 0.2) is 48.7 Å². The SMILES string of the molecule is O=C(Nc1ccc(C(=O)N2CCN(C(=O)C3CCS(=O)(=O)C3)CC2)cc1)c1ccccn1. The van der Waals surface area contributed by atoms with Gasteiger partial charge >= 0.3 is 0 Å². The third-order valence-corrected chi connectivity index (χ3v) is 7.52. The van der Waals surface area contributed by atoms with Crippen LogP contribution in [0.25, 0.3) is 0 Å². The Morgan fingerprint density at radius 3 is 2.22 bits per heavy atom. The quantitative estimate of drug-likeness (QED) is 0.735. The molecule has 1 aromatic heterocycles. The topological polar surface area (TPSA) is 117 Å². The van der Waals surface area contributed by atoms with Crippen LogP contribution >= 0.6 is 0 Å². The van der Waals surface area contributed by atoms with Gasteiger partial charge in [-0.05, 0) is 42.8 Å². The molecule has 2 fully saturated rings. The third kappa shape index (κ3) is 4.96. The minimum absolute atomic E-state index is 0.0696. The Morgan fingerprint density at radius 2 is 1.62 bits per heavy atom. The molecule has 2 aliphatic heterocycles. The zero-order chi connectivity index (χ0) is 22.7. The largest absolute Gasteiger partial charge is 0.339 e. The van der Waals surface area contributed by atoms with E-state index in [0.717, 1.165) is 0 Å². The van der Waals surface area contributed by atoms with Gasteiger partial charge in [0, 0.05) is 43.6 Å². The molecule has 2 saturated heterocycles. The number of anilines is 1. The second-order valence-electron chi connectivity index (χ2n) is 7.96. The van der Waals surface area contributed by atoms with Crippen LogP contribution in [0.4, 0.5) is 5.69 Å². The minimum Gasteiger partial charge on any atom is -0.339 e. The molecule has 2 aliphatic rings. The number of hydrogen-bond donors (Lipinski definition) is 1. The smallest absolute Gasteiger partial charge is 0.274 e. The van der Waals surface area contributed by atoms with E-state index in [1.54, 1.807) is 58.5 Å². The Kier molecular flexibility index (Phi) is 6.22. The lowest BCUT2D eigenvalue weighted by molar-refractivity contribution is -0.136. The molecule has 10 heteroatoms. The van der Waals surface area contributed by atoms with Gasteiger partial charge in [-0.3, -0.25) is 19.4 Å². The van der Waals surface area contributed by atoms with E-state index in [2.05, 4.69) is 10.3 Å². The van der Waals surface area contributed by atoms with Crippen molar-refractivity contribution in [3.05, 3.63) is 59.9 Å². The first-order valence-corrected chi connectivity index (χ1v) is 12.3. The number of sulfone groups is 1. The van der Waals surface area contributed by atoms with Crippen molar-refractivity contribution in [2.24, 2.45) is 5.92 Å². The number of aromatic nitrogens is 1. The summed E-state index contributed by atoms with van der Waals surface area (Å²) in [5, 5.41) is 2.74.